The lowest BCUT2D eigenvalue weighted by Crippen LogP contribution is -2.63. The van der Waals surface area contributed by atoms with E-state index in [0.717, 1.165) is 35.7 Å². The fourth-order valence-electron chi connectivity index (χ4n) is 4.18. The maximum atomic E-state index is 13.4. The summed E-state index contributed by atoms with van der Waals surface area (Å²) in [5, 5.41) is 0. The summed E-state index contributed by atoms with van der Waals surface area (Å²) in [5.74, 6) is 0.528. The number of rotatable bonds is 6. The van der Waals surface area contributed by atoms with Crippen LogP contribution in [0.2, 0.25) is 0 Å². The monoisotopic (exact) mass is 397 g/mol. The van der Waals surface area contributed by atoms with E-state index in [2.05, 4.69) is 4.90 Å². The standard InChI is InChI=1S/C21H27N5O3/c1-14-7-5-8-16(11-14)13-26-19(27)17-18(23(3)21(26)28)22-20-24(9-6-10-29-4)15(2)12-25(17)20/h5,7-8,11-12,17-18H,6,9-10,13H2,1-4H3. The first-order chi connectivity index (χ1) is 13.9. The molecule has 0 bridgehead atoms. The SMILES string of the molecule is COCCCN1C(C)=CN2C1=NC1C2C(=O)N(Cc2cccc(C)c2)C(=O)N1C. The highest BCUT2D eigenvalue weighted by molar-refractivity contribution is 6.04. The number of imide groups is 1. The number of benzene rings is 1. The quantitative estimate of drug-likeness (QED) is 0.687. The lowest BCUT2D eigenvalue weighted by molar-refractivity contribution is -0.137. The van der Waals surface area contributed by atoms with Gasteiger partial charge in [0.25, 0.3) is 5.91 Å². The van der Waals surface area contributed by atoms with Gasteiger partial charge in [0.05, 0.1) is 6.54 Å². The number of likely N-dealkylation sites (N-methyl/N-ethyl adjacent to an activating group) is 1. The maximum Gasteiger partial charge on any atom is 0.328 e. The van der Waals surface area contributed by atoms with Gasteiger partial charge in [-0.2, -0.15) is 0 Å². The van der Waals surface area contributed by atoms with Crippen molar-refractivity contribution in [2.24, 2.45) is 4.99 Å². The van der Waals surface area contributed by atoms with Crippen molar-refractivity contribution in [1.82, 2.24) is 19.6 Å². The number of carbonyl (C=O) groups excluding carboxylic acids is 2. The number of urea groups is 1. The predicted molar refractivity (Wildman–Crippen MR) is 109 cm³/mol. The Morgan fingerprint density at radius 2 is 1.97 bits per heavy atom. The van der Waals surface area contributed by atoms with Gasteiger partial charge in [-0.1, -0.05) is 29.8 Å². The molecule has 3 heterocycles. The van der Waals surface area contributed by atoms with E-state index in [1.54, 1.807) is 19.1 Å². The Morgan fingerprint density at radius 3 is 2.69 bits per heavy atom. The van der Waals surface area contributed by atoms with Crippen molar-refractivity contribution in [3.63, 3.8) is 0 Å². The van der Waals surface area contributed by atoms with Crippen LogP contribution in [0.15, 0.2) is 41.2 Å². The van der Waals surface area contributed by atoms with Crippen LogP contribution < -0.4 is 0 Å². The Balaban J connectivity index is 1.58. The highest BCUT2D eigenvalue weighted by Gasteiger charge is 2.54. The van der Waals surface area contributed by atoms with E-state index in [1.807, 2.05) is 49.2 Å². The van der Waals surface area contributed by atoms with Gasteiger partial charge in [0.2, 0.25) is 5.96 Å². The van der Waals surface area contributed by atoms with E-state index >= 15 is 0 Å². The molecule has 1 fully saturated rings. The molecule has 0 saturated carbocycles. The van der Waals surface area contributed by atoms with Crippen molar-refractivity contribution in [2.45, 2.75) is 39.0 Å². The molecule has 3 aliphatic heterocycles. The molecule has 8 nitrogen and oxygen atoms in total. The van der Waals surface area contributed by atoms with Gasteiger partial charge in [-0.15, -0.1) is 0 Å². The minimum Gasteiger partial charge on any atom is -0.385 e. The van der Waals surface area contributed by atoms with E-state index in [0.29, 0.717) is 6.61 Å². The van der Waals surface area contributed by atoms with Crippen molar-refractivity contribution in [3.8, 4) is 0 Å². The van der Waals surface area contributed by atoms with Crippen molar-refractivity contribution >= 4 is 17.9 Å². The first-order valence-corrected chi connectivity index (χ1v) is 9.87. The fraction of sp³-hybridized carbons (Fsp3) is 0.476. The molecule has 2 unspecified atom stereocenters. The van der Waals surface area contributed by atoms with Crippen LogP contribution in [0.1, 0.15) is 24.5 Å². The highest BCUT2D eigenvalue weighted by Crippen LogP contribution is 2.34. The number of hydrogen-bond donors (Lipinski definition) is 0. The Morgan fingerprint density at radius 1 is 1.17 bits per heavy atom. The summed E-state index contributed by atoms with van der Waals surface area (Å²) >= 11 is 0. The number of aliphatic imine (C=N–C) groups is 1. The van der Waals surface area contributed by atoms with E-state index in [9.17, 15) is 9.59 Å². The Bertz CT molecular complexity index is 896. The van der Waals surface area contributed by atoms with Crippen molar-refractivity contribution in [2.75, 3.05) is 27.3 Å². The van der Waals surface area contributed by atoms with E-state index in [1.165, 1.54) is 4.90 Å². The second kappa shape index (κ2) is 7.51. The van der Waals surface area contributed by atoms with Crippen molar-refractivity contribution in [3.05, 3.63) is 47.3 Å². The lowest BCUT2D eigenvalue weighted by Gasteiger charge is -2.40. The van der Waals surface area contributed by atoms with Crippen molar-refractivity contribution in [1.29, 1.82) is 0 Å². The molecular weight excluding hydrogens is 370 g/mol. The molecule has 154 valence electrons. The smallest absolute Gasteiger partial charge is 0.328 e. The summed E-state index contributed by atoms with van der Waals surface area (Å²) in [7, 11) is 3.40. The van der Waals surface area contributed by atoms with Gasteiger partial charge in [0, 0.05) is 39.2 Å². The molecule has 3 amide bonds. The Labute approximate surface area is 171 Å². The molecule has 1 aromatic carbocycles. The van der Waals surface area contributed by atoms with Gasteiger partial charge < -0.3 is 19.4 Å². The Hall–Kier alpha value is -2.87. The molecule has 8 heteroatoms. The highest BCUT2D eigenvalue weighted by atomic mass is 16.5. The molecule has 0 spiro atoms. The normalized spacial score (nSPS) is 23.4. The lowest BCUT2D eigenvalue weighted by atomic mass is 10.1. The molecule has 0 radical (unpaired) electrons. The predicted octanol–water partition coefficient (Wildman–Crippen LogP) is 1.97. The van der Waals surface area contributed by atoms with Gasteiger partial charge in [0.15, 0.2) is 12.2 Å². The molecule has 4 rings (SSSR count). The molecular formula is C21H27N5O3. The average Bonchev–Trinajstić information content (AvgIpc) is 3.19. The number of ether oxygens (including phenoxy) is 1. The number of carbonyl (C=O) groups is 2. The first-order valence-electron chi connectivity index (χ1n) is 9.87. The summed E-state index contributed by atoms with van der Waals surface area (Å²) in [6.45, 7) is 5.68. The van der Waals surface area contributed by atoms with Gasteiger partial charge in [0.1, 0.15) is 0 Å². The number of amides is 3. The second-order valence-corrected chi connectivity index (χ2v) is 7.77. The van der Waals surface area contributed by atoms with E-state index < -0.39 is 12.2 Å². The number of fused-ring (bicyclic) bond motifs is 3. The molecule has 2 atom stereocenters. The molecule has 0 aliphatic carbocycles. The van der Waals surface area contributed by atoms with Gasteiger partial charge >= 0.3 is 6.03 Å². The number of hydrogen-bond acceptors (Lipinski definition) is 6. The third-order valence-corrected chi connectivity index (χ3v) is 5.66. The summed E-state index contributed by atoms with van der Waals surface area (Å²) in [4.78, 5) is 38.0. The summed E-state index contributed by atoms with van der Waals surface area (Å²) < 4.78 is 5.16. The second-order valence-electron chi connectivity index (χ2n) is 7.77. The van der Waals surface area contributed by atoms with Gasteiger partial charge in [-0.05, 0) is 25.8 Å². The van der Waals surface area contributed by atoms with Crippen LogP contribution in [0.4, 0.5) is 4.79 Å². The van der Waals surface area contributed by atoms with Crippen LogP contribution in [0, 0.1) is 6.92 Å². The zero-order valence-corrected chi connectivity index (χ0v) is 17.3. The average molecular weight is 397 g/mol. The Kier molecular flexibility index (Phi) is 5.04. The van der Waals surface area contributed by atoms with Crippen LogP contribution in [0.5, 0.6) is 0 Å². The van der Waals surface area contributed by atoms with Gasteiger partial charge in [-0.3, -0.25) is 9.69 Å². The van der Waals surface area contributed by atoms with E-state index in [4.69, 9.17) is 9.73 Å². The van der Waals surface area contributed by atoms with Crippen molar-refractivity contribution < 1.29 is 14.3 Å². The third-order valence-electron chi connectivity index (χ3n) is 5.66. The zero-order chi connectivity index (χ0) is 20.7. The summed E-state index contributed by atoms with van der Waals surface area (Å²) in [6, 6.07) is 7.04. The van der Waals surface area contributed by atoms with Crippen LogP contribution in [-0.2, 0) is 16.1 Å². The molecule has 0 N–H and O–H groups in total. The number of methoxy groups -OCH3 is 1. The molecule has 29 heavy (non-hydrogen) atoms. The largest absolute Gasteiger partial charge is 0.385 e. The number of allylic oxidation sites excluding steroid dienone is 1. The number of nitrogens with zero attached hydrogens (tertiary/aromatic N) is 5. The minimum absolute atomic E-state index is 0.207. The topological polar surface area (TPSA) is 68.7 Å². The third kappa shape index (κ3) is 3.27. The van der Waals surface area contributed by atoms with Gasteiger partial charge in [-0.25, -0.2) is 9.79 Å². The first kappa shape index (κ1) is 19.4. The molecule has 3 aliphatic rings. The maximum absolute atomic E-state index is 13.4. The fourth-order valence-corrected chi connectivity index (χ4v) is 4.18. The van der Waals surface area contributed by atoms with Crippen LogP contribution in [0.25, 0.3) is 0 Å². The molecule has 0 aromatic heterocycles. The van der Waals surface area contributed by atoms with Crippen LogP contribution >= 0.6 is 0 Å². The molecule has 1 aromatic rings. The molecule has 1 saturated heterocycles. The number of guanidine groups is 1. The summed E-state index contributed by atoms with van der Waals surface area (Å²) in [5.41, 5.74) is 3.07. The van der Waals surface area contributed by atoms with E-state index in [-0.39, 0.29) is 18.5 Å². The van der Waals surface area contributed by atoms with Crippen LogP contribution in [-0.4, -0.2) is 77.0 Å². The summed E-state index contributed by atoms with van der Waals surface area (Å²) in [6.07, 6.45) is 2.31. The van der Waals surface area contributed by atoms with Crippen LogP contribution in [0.3, 0.4) is 0 Å². The number of aryl methyl sites for hydroxylation is 1. The zero-order valence-electron chi connectivity index (χ0n) is 17.3. The minimum atomic E-state index is -0.528.